The van der Waals surface area contributed by atoms with Gasteiger partial charge >= 0.3 is 5.97 Å². The zero-order valence-electron chi connectivity index (χ0n) is 10.6. The van der Waals surface area contributed by atoms with E-state index in [1.807, 2.05) is 6.26 Å². The van der Waals surface area contributed by atoms with Gasteiger partial charge in [-0.3, -0.25) is 9.59 Å². The maximum absolute atomic E-state index is 12.2. The van der Waals surface area contributed by atoms with Crippen LogP contribution in [0.25, 0.3) is 0 Å². The van der Waals surface area contributed by atoms with E-state index < -0.39 is 5.97 Å². The van der Waals surface area contributed by atoms with Gasteiger partial charge in [0.1, 0.15) is 5.03 Å². The number of aromatic nitrogens is 1. The summed E-state index contributed by atoms with van der Waals surface area (Å²) in [6.45, 7) is 0. The number of nitrogens with one attached hydrogen (secondary N) is 1. The first-order valence-corrected chi connectivity index (χ1v) is 7.36. The molecule has 1 fully saturated rings. The molecule has 1 aromatic heterocycles. The predicted octanol–water partition coefficient (Wildman–Crippen LogP) is 1.79. The molecule has 1 unspecified atom stereocenters. The number of hydrogen-bond donors (Lipinski definition) is 2. The summed E-state index contributed by atoms with van der Waals surface area (Å²) in [5, 5.41) is 12.4. The average molecular weight is 280 g/mol. The number of carbonyl (C=O) groups is 2. The van der Waals surface area contributed by atoms with Gasteiger partial charge in [-0.2, -0.15) is 0 Å². The number of amides is 1. The minimum absolute atomic E-state index is 0.0225. The fourth-order valence-corrected chi connectivity index (χ4v) is 2.54. The van der Waals surface area contributed by atoms with Crippen LogP contribution in [0, 0.1) is 5.92 Å². The maximum Gasteiger partial charge on any atom is 0.305 e. The highest BCUT2D eigenvalue weighted by molar-refractivity contribution is 7.98. The van der Waals surface area contributed by atoms with E-state index in [0.29, 0.717) is 16.5 Å². The zero-order valence-corrected chi connectivity index (χ0v) is 11.4. The molecule has 1 saturated carbocycles. The van der Waals surface area contributed by atoms with Crippen LogP contribution in [-0.2, 0) is 4.79 Å². The third-order valence-corrected chi connectivity index (χ3v) is 3.82. The van der Waals surface area contributed by atoms with Crippen LogP contribution in [-0.4, -0.2) is 34.3 Å². The zero-order chi connectivity index (χ0) is 13.8. The van der Waals surface area contributed by atoms with Crippen LogP contribution in [0.2, 0.25) is 0 Å². The fourth-order valence-electron chi connectivity index (χ4n) is 1.99. The van der Waals surface area contributed by atoms with Crippen molar-refractivity contribution in [2.24, 2.45) is 5.92 Å². The Morgan fingerprint density at radius 2 is 2.32 bits per heavy atom. The molecule has 102 valence electrons. The van der Waals surface area contributed by atoms with Crippen LogP contribution in [0.5, 0.6) is 0 Å². The quantitative estimate of drug-likeness (QED) is 0.777. The summed E-state index contributed by atoms with van der Waals surface area (Å²) in [4.78, 5) is 27.1. The molecular weight excluding hydrogens is 264 g/mol. The van der Waals surface area contributed by atoms with E-state index in [2.05, 4.69) is 10.3 Å². The lowest BCUT2D eigenvalue weighted by Gasteiger charge is -2.16. The van der Waals surface area contributed by atoms with Crippen LogP contribution in [0.4, 0.5) is 0 Å². The van der Waals surface area contributed by atoms with E-state index in [-0.39, 0.29) is 18.4 Å². The molecule has 1 heterocycles. The number of carbonyl (C=O) groups excluding carboxylic acids is 1. The molecule has 0 spiro atoms. The van der Waals surface area contributed by atoms with E-state index in [0.717, 1.165) is 12.8 Å². The van der Waals surface area contributed by atoms with Crippen molar-refractivity contribution in [2.75, 3.05) is 6.26 Å². The lowest BCUT2D eigenvalue weighted by atomic mass is 10.1. The summed E-state index contributed by atoms with van der Waals surface area (Å²) in [5.74, 6) is -0.821. The van der Waals surface area contributed by atoms with E-state index >= 15 is 0 Å². The van der Waals surface area contributed by atoms with Gasteiger partial charge < -0.3 is 10.4 Å². The van der Waals surface area contributed by atoms with Crippen molar-refractivity contribution < 1.29 is 14.7 Å². The van der Waals surface area contributed by atoms with Crippen LogP contribution in [0.3, 0.4) is 0 Å². The molecular formula is C13H16N2O3S. The number of thioether (sulfide) groups is 1. The molecule has 5 nitrogen and oxygen atoms in total. The number of carboxylic acids is 1. The molecule has 0 saturated heterocycles. The Morgan fingerprint density at radius 3 is 2.89 bits per heavy atom. The van der Waals surface area contributed by atoms with Crippen molar-refractivity contribution in [2.45, 2.75) is 30.3 Å². The Kier molecular flexibility index (Phi) is 4.42. The summed E-state index contributed by atoms with van der Waals surface area (Å²) in [7, 11) is 0. The molecule has 1 aromatic rings. The van der Waals surface area contributed by atoms with E-state index in [9.17, 15) is 9.59 Å². The molecule has 0 aromatic carbocycles. The summed E-state index contributed by atoms with van der Waals surface area (Å²) < 4.78 is 0. The lowest BCUT2D eigenvalue weighted by Crippen LogP contribution is -2.38. The minimum atomic E-state index is -0.881. The molecule has 1 aliphatic carbocycles. The van der Waals surface area contributed by atoms with E-state index in [1.165, 1.54) is 11.8 Å². The summed E-state index contributed by atoms with van der Waals surface area (Å²) >= 11 is 1.40. The Morgan fingerprint density at radius 1 is 1.58 bits per heavy atom. The Labute approximate surface area is 115 Å². The summed E-state index contributed by atoms with van der Waals surface area (Å²) in [5.41, 5.74) is 0.506. The second-order valence-electron chi connectivity index (χ2n) is 4.58. The summed E-state index contributed by atoms with van der Waals surface area (Å²) in [6.07, 6.45) is 5.44. The van der Waals surface area contributed by atoms with Gasteiger partial charge in [-0.05, 0) is 37.1 Å². The summed E-state index contributed by atoms with van der Waals surface area (Å²) in [6, 6.07) is 3.14. The second kappa shape index (κ2) is 6.06. The highest BCUT2D eigenvalue weighted by atomic mass is 32.2. The minimum Gasteiger partial charge on any atom is -0.481 e. The topological polar surface area (TPSA) is 79.3 Å². The van der Waals surface area contributed by atoms with Gasteiger partial charge in [-0.25, -0.2) is 4.98 Å². The molecule has 0 radical (unpaired) electrons. The Balaban J connectivity index is 2.08. The SMILES string of the molecule is CSc1ncccc1C(=O)NC(CC(=O)O)C1CC1. The molecule has 19 heavy (non-hydrogen) atoms. The van der Waals surface area contributed by atoms with Crippen molar-refractivity contribution in [3.05, 3.63) is 23.9 Å². The van der Waals surface area contributed by atoms with E-state index in [1.54, 1.807) is 18.3 Å². The number of pyridine rings is 1. The third-order valence-electron chi connectivity index (χ3n) is 3.11. The van der Waals surface area contributed by atoms with Gasteiger partial charge in [0, 0.05) is 12.2 Å². The normalized spacial score (nSPS) is 15.8. The van der Waals surface area contributed by atoms with Crippen molar-refractivity contribution in [1.82, 2.24) is 10.3 Å². The first-order chi connectivity index (χ1) is 9.11. The van der Waals surface area contributed by atoms with Crippen molar-refractivity contribution >= 4 is 23.6 Å². The first-order valence-electron chi connectivity index (χ1n) is 6.13. The molecule has 1 atom stereocenters. The number of nitrogens with zero attached hydrogens (tertiary/aromatic N) is 1. The van der Waals surface area contributed by atoms with Gasteiger partial charge in [0.15, 0.2) is 0 Å². The second-order valence-corrected chi connectivity index (χ2v) is 5.37. The Bertz CT molecular complexity index is 489. The van der Waals surface area contributed by atoms with Gasteiger partial charge in [0.25, 0.3) is 5.91 Å². The van der Waals surface area contributed by atoms with Gasteiger partial charge in [0.2, 0.25) is 0 Å². The fraction of sp³-hybridized carbons (Fsp3) is 0.462. The number of rotatable bonds is 6. The number of aliphatic carboxylic acids is 1. The number of carboxylic acid groups (broad SMARTS) is 1. The highest BCUT2D eigenvalue weighted by Crippen LogP contribution is 2.34. The highest BCUT2D eigenvalue weighted by Gasteiger charge is 2.34. The van der Waals surface area contributed by atoms with E-state index in [4.69, 9.17) is 5.11 Å². The lowest BCUT2D eigenvalue weighted by molar-refractivity contribution is -0.137. The van der Waals surface area contributed by atoms with Gasteiger partial charge in [-0.15, -0.1) is 11.8 Å². The smallest absolute Gasteiger partial charge is 0.305 e. The monoisotopic (exact) mass is 280 g/mol. The third kappa shape index (κ3) is 3.70. The van der Waals surface area contributed by atoms with Crippen LogP contribution < -0.4 is 5.32 Å². The molecule has 2 rings (SSSR count). The molecule has 2 N–H and O–H groups in total. The average Bonchev–Trinajstić information content (AvgIpc) is 3.21. The van der Waals surface area contributed by atoms with Gasteiger partial charge in [-0.1, -0.05) is 0 Å². The molecule has 0 aliphatic heterocycles. The van der Waals surface area contributed by atoms with Crippen molar-refractivity contribution in [3.63, 3.8) is 0 Å². The standard InChI is InChI=1S/C13H16N2O3S/c1-19-13-9(3-2-6-14-13)12(18)15-10(7-11(16)17)8-4-5-8/h2-3,6,8,10H,4-5,7H2,1H3,(H,15,18)(H,16,17). The number of hydrogen-bond acceptors (Lipinski definition) is 4. The van der Waals surface area contributed by atoms with Gasteiger partial charge in [0.05, 0.1) is 12.0 Å². The van der Waals surface area contributed by atoms with Crippen LogP contribution >= 0.6 is 11.8 Å². The van der Waals surface area contributed by atoms with Crippen molar-refractivity contribution in [3.8, 4) is 0 Å². The molecule has 1 aliphatic rings. The molecule has 0 bridgehead atoms. The van der Waals surface area contributed by atoms with Crippen LogP contribution in [0.15, 0.2) is 23.4 Å². The molecule has 6 heteroatoms. The largest absolute Gasteiger partial charge is 0.481 e. The van der Waals surface area contributed by atoms with Crippen molar-refractivity contribution in [1.29, 1.82) is 0 Å². The van der Waals surface area contributed by atoms with Crippen LogP contribution in [0.1, 0.15) is 29.6 Å². The Hall–Kier alpha value is -1.56. The predicted molar refractivity (Wildman–Crippen MR) is 72.2 cm³/mol. The first kappa shape index (κ1) is 13.9. The molecule has 1 amide bonds. The maximum atomic E-state index is 12.2.